The van der Waals surface area contributed by atoms with E-state index in [9.17, 15) is 9.59 Å². The molecule has 0 saturated heterocycles. The lowest BCUT2D eigenvalue weighted by Crippen LogP contribution is -2.35. The SMILES string of the molecule is CCCCC1C(C(=O)OC)=C(C)NC(CCC)=C1C(=O)Nc1c(CC)cccc1CC. The number of amides is 1. The summed E-state index contributed by atoms with van der Waals surface area (Å²) in [6.45, 7) is 10.3. The van der Waals surface area contributed by atoms with Gasteiger partial charge in [0.1, 0.15) is 0 Å². The quantitative estimate of drug-likeness (QED) is 0.474. The second kappa shape index (κ2) is 11.7. The highest BCUT2D eigenvalue weighted by Gasteiger charge is 2.36. The molecule has 1 atom stereocenters. The zero-order valence-corrected chi connectivity index (χ0v) is 20.0. The van der Waals surface area contributed by atoms with Crippen LogP contribution < -0.4 is 10.6 Å². The maximum Gasteiger partial charge on any atom is 0.336 e. The number of dihydropyridines is 1. The highest BCUT2D eigenvalue weighted by molar-refractivity contribution is 6.07. The van der Waals surface area contributed by atoms with Crippen molar-refractivity contribution in [2.45, 2.75) is 79.6 Å². The molecule has 1 aromatic carbocycles. The standard InChI is InChI=1S/C26H38N2O3/c1-7-11-16-20-22(26(30)31-6)17(5)27-21(13-8-2)23(20)25(29)28-24-18(9-3)14-12-15-19(24)10-4/h12,14-15,20,27H,7-11,13,16H2,1-6H3,(H,28,29). The van der Waals surface area contributed by atoms with Crippen molar-refractivity contribution in [1.29, 1.82) is 0 Å². The Kier molecular flexibility index (Phi) is 9.35. The Morgan fingerprint density at radius 3 is 2.19 bits per heavy atom. The number of hydrogen-bond acceptors (Lipinski definition) is 4. The number of allylic oxidation sites excluding steroid dienone is 2. The van der Waals surface area contributed by atoms with Gasteiger partial charge in [-0.3, -0.25) is 4.79 Å². The summed E-state index contributed by atoms with van der Waals surface area (Å²) in [6.07, 6.45) is 6.02. The molecule has 0 fully saturated rings. The van der Waals surface area contributed by atoms with Crippen LogP contribution in [0.25, 0.3) is 0 Å². The lowest BCUT2D eigenvalue weighted by Gasteiger charge is -2.32. The molecule has 1 heterocycles. The van der Waals surface area contributed by atoms with Gasteiger partial charge in [-0.1, -0.05) is 65.2 Å². The molecular formula is C26H38N2O3. The van der Waals surface area contributed by atoms with Crippen molar-refractivity contribution < 1.29 is 14.3 Å². The number of methoxy groups -OCH3 is 1. The first-order valence-corrected chi connectivity index (χ1v) is 11.6. The van der Waals surface area contributed by atoms with E-state index in [1.165, 1.54) is 7.11 Å². The Morgan fingerprint density at radius 1 is 1.03 bits per heavy atom. The number of benzene rings is 1. The van der Waals surface area contributed by atoms with E-state index in [1.54, 1.807) is 0 Å². The molecule has 1 aromatic rings. The Morgan fingerprint density at radius 2 is 1.68 bits per heavy atom. The largest absolute Gasteiger partial charge is 0.466 e. The summed E-state index contributed by atoms with van der Waals surface area (Å²) in [5.74, 6) is -0.759. The van der Waals surface area contributed by atoms with Gasteiger partial charge in [0.05, 0.1) is 12.7 Å². The summed E-state index contributed by atoms with van der Waals surface area (Å²) in [6, 6.07) is 6.17. The fourth-order valence-corrected chi connectivity index (χ4v) is 4.41. The summed E-state index contributed by atoms with van der Waals surface area (Å²) < 4.78 is 5.09. The minimum atomic E-state index is -0.366. The predicted octanol–water partition coefficient (Wildman–Crippen LogP) is 5.66. The molecule has 5 nitrogen and oxygen atoms in total. The van der Waals surface area contributed by atoms with E-state index in [-0.39, 0.29) is 17.8 Å². The van der Waals surface area contributed by atoms with Crippen LogP contribution >= 0.6 is 0 Å². The predicted molar refractivity (Wildman–Crippen MR) is 127 cm³/mol. The molecule has 170 valence electrons. The molecule has 0 aliphatic carbocycles. The number of rotatable bonds is 10. The summed E-state index contributed by atoms with van der Waals surface area (Å²) in [4.78, 5) is 26.4. The summed E-state index contributed by atoms with van der Waals surface area (Å²) >= 11 is 0. The molecule has 5 heteroatoms. The van der Waals surface area contributed by atoms with Gasteiger partial charge in [0.2, 0.25) is 0 Å². The van der Waals surface area contributed by atoms with Crippen LogP contribution in [0.4, 0.5) is 5.69 Å². The van der Waals surface area contributed by atoms with Crippen molar-refractivity contribution in [2.24, 2.45) is 5.92 Å². The van der Waals surface area contributed by atoms with Crippen molar-refractivity contribution in [1.82, 2.24) is 5.32 Å². The molecule has 31 heavy (non-hydrogen) atoms. The molecule has 1 aliphatic heterocycles. The van der Waals surface area contributed by atoms with Gasteiger partial charge in [-0.15, -0.1) is 0 Å². The van der Waals surface area contributed by atoms with Gasteiger partial charge in [0.15, 0.2) is 0 Å². The van der Waals surface area contributed by atoms with Crippen LogP contribution in [-0.2, 0) is 27.2 Å². The molecule has 0 aromatic heterocycles. The van der Waals surface area contributed by atoms with E-state index in [0.717, 1.165) is 73.2 Å². The Hall–Kier alpha value is -2.56. The first-order valence-electron chi connectivity index (χ1n) is 11.6. The average molecular weight is 427 g/mol. The van der Waals surface area contributed by atoms with E-state index in [2.05, 4.69) is 50.5 Å². The van der Waals surface area contributed by atoms with Crippen LogP contribution in [0.5, 0.6) is 0 Å². The number of anilines is 1. The van der Waals surface area contributed by atoms with E-state index < -0.39 is 0 Å². The van der Waals surface area contributed by atoms with Crippen LogP contribution in [0.2, 0.25) is 0 Å². The van der Waals surface area contributed by atoms with Gasteiger partial charge in [0, 0.05) is 28.6 Å². The first kappa shape index (κ1) is 24.7. The topological polar surface area (TPSA) is 67.4 Å². The van der Waals surface area contributed by atoms with E-state index >= 15 is 0 Å². The van der Waals surface area contributed by atoms with E-state index in [0.29, 0.717) is 11.1 Å². The normalized spacial score (nSPS) is 16.3. The van der Waals surface area contributed by atoms with Crippen LogP contribution in [-0.4, -0.2) is 19.0 Å². The lowest BCUT2D eigenvalue weighted by atomic mass is 9.80. The molecule has 0 radical (unpaired) electrons. The van der Waals surface area contributed by atoms with E-state index in [4.69, 9.17) is 4.74 Å². The summed E-state index contributed by atoms with van der Waals surface area (Å²) in [5, 5.41) is 6.59. The van der Waals surface area contributed by atoms with Crippen LogP contribution in [0.3, 0.4) is 0 Å². The van der Waals surface area contributed by atoms with Crippen LogP contribution in [0.1, 0.15) is 77.8 Å². The highest BCUT2D eigenvalue weighted by atomic mass is 16.5. The number of esters is 1. The monoisotopic (exact) mass is 426 g/mol. The minimum absolute atomic E-state index is 0.124. The fourth-order valence-electron chi connectivity index (χ4n) is 4.41. The number of carbonyl (C=O) groups excluding carboxylic acids is 2. The van der Waals surface area contributed by atoms with Crippen molar-refractivity contribution in [3.05, 3.63) is 51.9 Å². The number of carbonyl (C=O) groups is 2. The van der Waals surface area contributed by atoms with Gasteiger partial charge >= 0.3 is 5.97 Å². The number of ether oxygens (including phenoxy) is 1. The number of unbranched alkanes of at least 4 members (excludes halogenated alkanes) is 1. The van der Waals surface area contributed by atoms with Crippen LogP contribution in [0.15, 0.2) is 40.7 Å². The summed E-state index contributed by atoms with van der Waals surface area (Å²) in [5.41, 5.74) is 6.10. The third kappa shape index (κ3) is 5.57. The minimum Gasteiger partial charge on any atom is -0.466 e. The zero-order chi connectivity index (χ0) is 23.0. The molecule has 2 rings (SSSR count). The second-order valence-electron chi connectivity index (χ2n) is 8.10. The third-order valence-electron chi connectivity index (χ3n) is 6.00. The average Bonchev–Trinajstić information content (AvgIpc) is 2.77. The van der Waals surface area contributed by atoms with Gasteiger partial charge in [0.25, 0.3) is 5.91 Å². The van der Waals surface area contributed by atoms with Crippen molar-refractivity contribution in [3.8, 4) is 0 Å². The van der Waals surface area contributed by atoms with Gasteiger partial charge in [-0.25, -0.2) is 4.79 Å². The number of hydrogen-bond donors (Lipinski definition) is 2. The Bertz CT molecular complexity index is 845. The lowest BCUT2D eigenvalue weighted by molar-refractivity contribution is -0.136. The number of aryl methyl sites for hydroxylation is 2. The number of nitrogens with one attached hydrogen (secondary N) is 2. The van der Waals surface area contributed by atoms with Gasteiger partial charge < -0.3 is 15.4 Å². The van der Waals surface area contributed by atoms with Gasteiger partial charge in [-0.05, 0) is 43.7 Å². The molecule has 1 unspecified atom stereocenters. The molecule has 1 aliphatic rings. The van der Waals surface area contributed by atoms with Crippen molar-refractivity contribution >= 4 is 17.6 Å². The number of para-hydroxylation sites is 1. The van der Waals surface area contributed by atoms with Crippen molar-refractivity contribution in [3.63, 3.8) is 0 Å². The zero-order valence-electron chi connectivity index (χ0n) is 20.0. The molecule has 2 N–H and O–H groups in total. The molecule has 0 spiro atoms. The maximum atomic E-state index is 13.7. The van der Waals surface area contributed by atoms with E-state index in [1.807, 2.05) is 13.0 Å². The fraction of sp³-hybridized carbons (Fsp3) is 0.538. The Balaban J connectivity index is 2.55. The third-order valence-corrected chi connectivity index (χ3v) is 6.00. The first-order chi connectivity index (χ1) is 14.9. The molecule has 0 bridgehead atoms. The smallest absolute Gasteiger partial charge is 0.336 e. The highest BCUT2D eigenvalue weighted by Crippen LogP contribution is 2.36. The maximum absolute atomic E-state index is 13.7. The Labute approximate surface area is 187 Å². The molecular weight excluding hydrogens is 388 g/mol. The van der Waals surface area contributed by atoms with Crippen molar-refractivity contribution in [2.75, 3.05) is 12.4 Å². The molecule has 1 amide bonds. The molecule has 0 saturated carbocycles. The summed E-state index contributed by atoms with van der Waals surface area (Å²) in [7, 11) is 1.40. The van der Waals surface area contributed by atoms with Gasteiger partial charge in [-0.2, -0.15) is 0 Å². The van der Waals surface area contributed by atoms with Crippen LogP contribution in [0, 0.1) is 5.92 Å². The second-order valence-corrected chi connectivity index (χ2v) is 8.10.